The summed E-state index contributed by atoms with van der Waals surface area (Å²) in [6.45, 7) is 3.40. The van der Waals surface area contributed by atoms with E-state index in [0.717, 1.165) is 6.54 Å². The minimum atomic E-state index is -0.304. The van der Waals surface area contributed by atoms with Gasteiger partial charge in [-0.1, -0.05) is 6.92 Å². The van der Waals surface area contributed by atoms with E-state index >= 15 is 0 Å². The molecule has 0 bridgehead atoms. The third-order valence-electron chi connectivity index (χ3n) is 2.21. The molecule has 0 fully saturated rings. The number of halogens is 2. The second kappa shape index (κ2) is 5.33. The Morgan fingerprint density at radius 1 is 1.47 bits per heavy atom. The van der Waals surface area contributed by atoms with Crippen LogP contribution < -0.4 is 5.32 Å². The van der Waals surface area contributed by atoms with Crippen molar-refractivity contribution in [2.75, 3.05) is 6.54 Å². The summed E-state index contributed by atoms with van der Waals surface area (Å²) in [4.78, 5) is 0. The van der Waals surface area contributed by atoms with Gasteiger partial charge in [-0.05, 0) is 51.1 Å². The largest absolute Gasteiger partial charge is 0.310 e. The Kier molecular flexibility index (Phi) is 3.80. The molecule has 1 aromatic carbocycles. The van der Waals surface area contributed by atoms with E-state index in [9.17, 15) is 4.39 Å². The predicted molar refractivity (Wildman–Crippen MR) is 64.2 cm³/mol. The molecule has 0 unspecified atom stereocenters. The number of hydrogen-bond donors (Lipinski definition) is 1. The first-order valence-corrected chi connectivity index (χ1v) is 5.95. The molecule has 0 atom stereocenters. The summed E-state index contributed by atoms with van der Waals surface area (Å²) in [7, 11) is 0. The number of rotatable bonds is 4. The van der Waals surface area contributed by atoms with Crippen molar-refractivity contribution in [3.63, 3.8) is 0 Å². The fraction of sp³-hybridized carbons (Fsp3) is 0.300. The van der Waals surface area contributed by atoms with Crippen LogP contribution in [0.4, 0.5) is 4.39 Å². The molecule has 0 radical (unpaired) electrons. The zero-order valence-electron chi connectivity index (χ0n) is 9.19. The third kappa shape index (κ3) is 2.67. The van der Waals surface area contributed by atoms with Crippen molar-refractivity contribution in [3.05, 3.63) is 34.3 Å². The van der Waals surface area contributed by atoms with Crippen LogP contribution >= 0.6 is 15.9 Å². The summed E-state index contributed by atoms with van der Waals surface area (Å²) in [6.07, 6.45) is 0. The Hall–Kier alpha value is -1.34. The van der Waals surface area contributed by atoms with E-state index in [1.165, 1.54) is 12.1 Å². The maximum Gasteiger partial charge on any atom is 0.170 e. The zero-order chi connectivity index (χ0) is 12.3. The van der Waals surface area contributed by atoms with Gasteiger partial charge in [0.25, 0.3) is 0 Å². The van der Waals surface area contributed by atoms with Crippen LogP contribution in [-0.2, 0) is 6.54 Å². The Morgan fingerprint density at radius 2 is 2.29 bits per heavy atom. The molecular weight excluding hydrogens is 289 g/mol. The van der Waals surface area contributed by atoms with E-state index in [2.05, 4.69) is 36.8 Å². The average Bonchev–Trinajstić information content (AvgIpc) is 2.74. The number of hydrogen-bond acceptors (Lipinski definition) is 4. The maximum atomic E-state index is 13.0. The SMILES string of the molecule is CCNCc1nnnn1-c1ccc(F)cc1Br. The highest BCUT2D eigenvalue weighted by Crippen LogP contribution is 2.21. The number of nitrogens with one attached hydrogen (secondary N) is 1. The number of aromatic nitrogens is 4. The number of nitrogens with zero attached hydrogens (tertiary/aromatic N) is 4. The molecule has 7 heteroatoms. The smallest absolute Gasteiger partial charge is 0.170 e. The van der Waals surface area contributed by atoms with E-state index < -0.39 is 0 Å². The molecule has 1 aromatic heterocycles. The van der Waals surface area contributed by atoms with Gasteiger partial charge in [-0.2, -0.15) is 4.68 Å². The Balaban J connectivity index is 2.35. The summed E-state index contributed by atoms with van der Waals surface area (Å²) in [5.74, 6) is 0.376. The van der Waals surface area contributed by atoms with Crippen molar-refractivity contribution in [1.29, 1.82) is 0 Å². The lowest BCUT2D eigenvalue weighted by molar-refractivity contribution is 0.624. The minimum absolute atomic E-state index is 0.304. The van der Waals surface area contributed by atoms with E-state index in [0.29, 0.717) is 22.5 Å². The highest BCUT2D eigenvalue weighted by Gasteiger charge is 2.11. The van der Waals surface area contributed by atoms with Crippen LogP contribution in [0.25, 0.3) is 5.69 Å². The van der Waals surface area contributed by atoms with Gasteiger partial charge in [0.15, 0.2) is 5.82 Å². The summed E-state index contributed by atoms with van der Waals surface area (Å²) < 4.78 is 15.2. The van der Waals surface area contributed by atoms with Crippen LogP contribution in [0.2, 0.25) is 0 Å². The molecule has 0 aliphatic carbocycles. The Labute approximate surface area is 106 Å². The topological polar surface area (TPSA) is 55.6 Å². The van der Waals surface area contributed by atoms with Gasteiger partial charge >= 0.3 is 0 Å². The first-order valence-electron chi connectivity index (χ1n) is 5.15. The van der Waals surface area contributed by atoms with E-state index in [4.69, 9.17) is 0 Å². The monoisotopic (exact) mass is 299 g/mol. The van der Waals surface area contributed by atoms with Crippen molar-refractivity contribution >= 4 is 15.9 Å². The molecule has 0 saturated heterocycles. The third-order valence-corrected chi connectivity index (χ3v) is 2.84. The lowest BCUT2D eigenvalue weighted by atomic mass is 10.3. The number of tetrazole rings is 1. The van der Waals surface area contributed by atoms with Crippen LogP contribution in [-0.4, -0.2) is 26.8 Å². The van der Waals surface area contributed by atoms with Gasteiger partial charge in [-0.25, -0.2) is 4.39 Å². The van der Waals surface area contributed by atoms with E-state index in [-0.39, 0.29) is 5.82 Å². The van der Waals surface area contributed by atoms with Gasteiger partial charge < -0.3 is 5.32 Å². The molecule has 0 saturated carbocycles. The molecule has 0 aliphatic rings. The van der Waals surface area contributed by atoms with Gasteiger partial charge in [-0.15, -0.1) is 5.10 Å². The minimum Gasteiger partial charge on any atom is -0.310 e. The van der Waals surface area contributed by atoms with Crippen LogP contribution in [0.5, 0.6) is 0 Å². The van der Waals surface area contributed by atoms with Crippen molar-refractivity contribution in [1.82, 2.24) is 25.5 Å². The molecule has 17 heavy (non-hydrogen) atoms. The molecule has 1 heterocycles. The first kappa shape index (κ1) is 12.1. The molecule has 0 spiro atoms. The fourth-order valence-corrected chi connectivity index (χ4v) is 1.91. The highest BCUT2D eigenvalue weighted by molar-refractivity contribution is 9.10. The fourth-order valence-electron chi connectivity index (χ4n) is 1.39. The first-order chi connectivity index (χ1) is 8.22. The molecular formula is C10H11BrFN5. The van der Waals surface area contributed by atoms with Gasteiger partial charge in [-0.3, -0.25) is 0 Å². The Morgan fingerprint density at radius 3 is 3.00 bits per heavy atom. The van der Waals surface area contributed by atoms with Crippen molar-refractivity contribution in [2.45, 2.75) is 13.5 Å². The van der Waals surface area contributed by atoms with E-state index in [1.807, 2.05) is 6.92 Å². The molecule has 2 rings (SSSR count). The van der Waals surface area contributed by atoms with Crippen LogP contribution in [0.15, 0.2) is 22.7 Å². The predicted octanol–water partition coefficient (Wildman–Crippen LogP) is 1.67. The second-order valence-corrected chi connectivity index (χ2v) is 4.24. The molecule has 0 amide bonds. The zero-order valence-corrected chi connectivity index (χ0v) is 10.8. The normalized spacial score (nSPS) is 10.8. The van der Waals surface area contributed by atoms with Gasteiger partial charge in [0.2, 0.25) is 0 Å². The maximum absolute atomic E-state index is 13.0. The quantitative estimate of drug-likeness (QED) is 0.933. The van der Waals surface area contributed by atoms with Crippen LogP contribution in [0, 0.1) is 5.82 Å². The summed E-state index contributed by atoms with van der Waals surface area (Å²) in [6, 6.07) is 4.39. The molecule has 2 aromatic rings. The van der Waals surface area contributed by atoms with E-state index in [1.54, 1.807) is 10.7 Å². The lowest BCUT2D eigenvalue weighted by Crippen LogP contribution is -2.16. The molecule has 0 aliphatic heterocycles. The Bertz CT molecular complexity index is 513. The summed E-state index contributed by atoms with van der Waals surface area (Å²) in [5.41, 5.74) is 0.712. The van der Waals surface area contributed by atoms with Gasteiger partial charge in [0.05, 0.1) is 12.2 Å². The number of benzene rings is 1. The average molecular weight is 300 g/mol. The summed E-state index contributed by atoms with van der Waals surface area (Å²) >= 11 is 3.29. The van der Waals surface area contributed by atoms with Crippen LogP contribution in [0.1, 0.15) is 12.7 Å². The van der Waals surface area contributed by atoms with Gasteiger partial charge in [0, 0.05) is 4.47 Å². The van der Waals surface area contributed by atoms with Crippen molar-refractivity contribution in [2.24, 2.45) is 0 Å². The molecule has 5 nitrogen and oxygen atoms in total. The standard InChI is InChI=1S/C10H11BrFN5/c1-2-13-6-10-14-15-16-17(10)9-4-3-7(12)5-8(9)11/h3-5,13H,2,6H2,1H3. The second-order valence-electron chi connectivity index (χ2n) is 3.38. The molecule has 90 valence electrons. The van der Waals surface area contributed by atoms with Crippen molar-refractivity contribution < 1.29 is 4.39 Å². The summed E-state index contributed by atoms with van der Waals surface area (Å²) in [5, 5.41) is 14.6. The van der Waals surface area contributed by atoms with Gasteiger partial charge in [0.1, 0.15) is 5.82 Å². The highest BCUT2D eigenvalue weighted by atomic mass is 79.9. The van der Waals surface area contributed by atoms with Crippen LogP contribution in [0.3, 0.4) is 0 Å². The van der Waals surface area contributed by atoms with Crippen molar-refractivity contribution in [3.8, 4) is 5.69 Å². The molecule has 1 N–H and O–H groups in total. The lowest BCUT2D eigenvalue weighted by Gasteiger charge is -2.06.